The third-order valence-corrected chi connectivity index (χ3v) is 4.93. The van der Waals surface area contributed by atoms with Crippen LogP contribution in [0, 0.1) is 12.7 Å². The van der Waals surface area contributed by atoms with Gasteiger partial charge in [0.15, 0.2) is 5.78 Å². The van der Waals surface area contributed by atoms with Crippen molar-refractivity contribution in [1.82, 2.24) is 15.5 Å². The highest BCUT2D eigenvalue weighted by Gasteiger charge is 2.25. The smallest absolute Gasteiger partial charge is 0.267 e. The number of aromatic amines is 1. The van der Waals surface area contributed by atoms with E-state index in [-0.39, 0.29) is 29.0 Å². The van der Waals surface area contributed by atoms with Crippen molar-refractivity contribution in [3.63, 3.8) is 0 Å². The average molecular weight is 397 g/mol. The Balaban J connectivity index is 1.57. The van der Waals surface area contributed by atoms with Gasteiger partial charge in [0.2, 0.25) is 0 Å². The van der Waals surface area contributed by atoms with E-state index in [4.69, 9.17) is 9.26 Å². The Hall–Kier alpha value is -3.26. The number of carbonyl (C=O) groups excluding carboxylic acids is 2. The van der Waals surface area contributed by atoms with Crippen LogP contribution in [0.4, 0.5) is 4.39 Å². The Labute approximate surface area is 166 Å². The number of ether oxygens (including phenoxy) is 1. The van der Waals surface area contributed by atoms with Gasteiger partial charge in [0.25, 0.3) is 5.91 Å². The first kappa shape index (κ1) is 19.1. The second-order valence-corrected chi connectivity index (χ2v) is 6.96. The monoisotopic (exact) mass is 397 g/mol. The van der Waals surface area contributed by atoms with Gasteiger partial charge < -0.3 is 19.6 Å². The Morgan fingerprint density at radius 3 is 2.79 bits per heavy atom. The van der Waals surface area contributed by atoms with Crippen LogP contribution in [0.25, 0.3) is 11.3 Å². The summed E-state index contributed by atoms with van der Waals surface area (Å²) in [5.41, 5.74) is 1.54. The highest BCUT2D eigenvalue weighted by molar-refractivity contribution is 6.13. The quantitative estimate of drug-likeness (QED) is 0.644. The van der Waals surface area contributed by atoms with Gasteiger partial charge in [-0.2, -0.15) is 0 Å². The Morgan fingerprint density at radius 2 is 2.03 bits per heavy atom. The van der Waals surface area contributed by atoms with Crippen LogP contribution in [-0.2, 0) is 4.74 Å². The van der Waals surface area contributed by atoms with Gasteiger partial charge in [-0.3, -0.25) is 9.59 Å². The Morgan fingerprint density at radius 1 is 1.24 bits per heavy atom. The molecule has 3 heterocycles. The van der Waals surface area contributed by atoms with Crippen molar-refractivity contribution in [3.8, 4) is 11.3 Å². The van der Waals surface area contributed by atoms with Gasteiger partial charge in [0.1, 0.15) is 23.0 Å². The lowest BCUT2D eigenvalue weighted by Gasteiger charge is -2.22. The fourth-order valence-electron chi connectivity index (χ4n) is 3.38. The topological polar surface area (TPSA) is 97.2 Å². The first-order valence-electron chi connectivity index (χ1n) is 9.37. The van der Waals surface area contributed by atoms with Crippen molar-refractivity contribution in [1.29, 1.82) is 0 Å². The molecule has 1 aliphatic rings. The lowest BCUT2D eigenvalue weighted by atomic mass is 9.99. The molecule has 1 fully saturated rings. The number of hydrogen-bond acceptors (Lipinski definition) is 5. The fourth-order valence-corrected chi connectivity index (χ4v) is 3.38. The molecule has 2 aromatic heterocycles. The van der Waals surface area contributed by atoms with Crippen LogP contribution in [0.1, 0.15) is 45.0 Å². The van der Waals surface area contributed by atoms with Crippen molar-refractivity contribution >= 4 is 11.7 Å². The van der Waals surface area contributed by atoms with Gasteiger partial charge in [-0.15, -0.1) is 0 Å². The maximum atomic E-state index is 13.6. The molecule has 4 rings (SSSR count). The summed E-state index contributed by atoms with van der Waals surface area (Å²) in [5, 5.41) is 6.87. The van der Waals surface area contributed by atoms with Crippen LogP contribution in [0.3, 0.4) is 0 Å². The summed E-state index contributed by atoms with van der Waals surface area (Å²) in [6.45, 7) is 2.86. The van der Waals surface area contributed by atoms with Gasteiger partial charge in [-0.1, -0.05) is 17.3 Å². The predicted octanol–water partition coefficient (Wildman–Crippen LogP) is 3.26. The highest BCUT2D eigenvalue weighted by Crippen LogP contribution is 2.28. The molecule has 0 saturated carbocycles. The van der Waals surface area contributed by atoms with Gasteiger partial charge in [-0.05, 0) is 38.0 Å². The third kappa shape index (κ3) is 3.97. The molecule has 3 aromatic rings. The molecule has 0 aliphatic carbocycles. The molecule has 0 spiro atoms. The first-order valence-corrected chi connectivity index (χ1v) is 9.37. The van der Waals surface area contributed by atoms with E-state index < -0.39 is 5.82 Å². The minimum Gasteiger partial charge on any atom is -0.381 e. The van der Waals surface area contributed by atoms with Crippen molar-refractivity contribution in [2.45, 2.75) is 25.8 Å². The molecule has 1 aliphatic heterocycles. The van der Waals surface area contributed by atoms with E-state index in [1.165, 1.54) is 30.5 Å². The molecule has 1 aromatic carbocycles. The number of hydrogen-bond donors (Lipinski definition) is 2. The maximum absolute atomic E-state index is 13.6. The van der Waals surface area contributed by atoms with E-state index >= 15 is 0 Å². The largest absolute Gasteiger partial charge is 0.381 e. The van der Waals surface area contributed by atoms with Gasteiger partial charge in [-0.25, -0.2) is 4.39 Å². The van der Waals surface area contributed by atoms with Crippen LogP contribution in [0.2, 0.25) is 0 Å². The average Bonchev–Trinajstić information content (AvgIpc) is 3.35. The Bertz CT molecular complexity index is 1050. The number of aryl methyl sites for hydroxylation is 1. The molecule has 150 valence electrons. The second-order valence-electron chi connectivity index (χ2n) is 6.96. The van der Waals surface area contributed by atoms with Crippen molar-refractivity contribution < 1.29 is 23.2 Å². The number of H-pyrrole nitrogens is 1. The van der Waals surface area contributed by atoms with E-state index in [0.29, 0.717) is 35.8 Å². The summed E-state index contributed by atoms with van der Waals surface area (Å²) in [6, 6.07) is 7.35. The lowest BCUT2D eigenvalue weighted by Crippen LogP contribution is -2.39. The van der Waals surface area contributed by atoms with Crippen LogP contribution < -0.4 is 5.32 Å². The van der Waals surface area contributed by atoms with Crippen molar-refractivity contribution in [2.75, 3.05) is 13.2 Å². The normalized spacial score (nSPS) is 14.7. The number of rotatable bonds is 5. The van der Waals surface area contributed by atoms with Gasteiger partial charge in [0, 0.05) is 36.6 Å². The van der Waals surface area contributed by atoms with Crippen molar-refractivity contribution in [2.24, 2.45) is 0 Å². The molecule has 1 saturated heterocycles. The van der Waals surface area contributed by atoms with E-state index in [1.807, 2.05) is 0 Å². The SMILES string of the molecule is Cc1onc(-c2cccc(F)c2)c1C(=O)c1c[nH]c(C(=O)NC2CCOCC2)c1. The maximum Gasteiger partial charge on any atom is 0.267 e. The minimum absolute atomic E-state index is 0.0543. The zero-order chi connectivity index (χ0) is 20.4. The fraction of sp³-hybridized carbons (Fsp3) is 0.286. The van der Waals surface area contributed by atoms with Crippen molar-refractivity contribution in [3.05, 3.63) is 64.9 Å². The number of benzene rings is 1. The van der Waals surface area contributed by atoms with E-state index in [1.54, 1.807) is 13.0 Å². The number of nitrogens with one attached hydrogen (secondary N) is 2. The van der Waals surface area contributed by atoms with Gasteiger partial charge >= 0.3 is 0 Å². The number of ketones is 1. The molecule has 1 amide bonds. The van der Waals surface area contributed by atoms with Crippen LogP contribution in [0.15, 0.2) is 41.1 Å². The molecule has 0 atom stereocenters. The summed E-state index contributed by atoms with van der Waals surface area (Å²) in [7, 11) is 0. The van der Waals surface area contributed by atoms with E-state index in [2.05, 4.69) is 15.5 Å². The number of carbonyl (C=O) groups is 2. The van der Waals surface area contributed by atoms with E-state index in [0.717, 1.165) is 12.8 Å². The minimum atomic E-state index is -0.435. The summed E-state index contributed by atoms with van der Waals surface area (Å²) >= 11 is 0. The summed E-state index contributed by atoms with van der Waals surface area (Å²) in [5.74, 6) is -0.744. The highest BCUT2D eigenvalue weighted by atomic mass is 19.1. The number of halogens is 1. The third-order valence-electron chi connectivity index (χ3n) is 4.93. The van der Waals surface area contributed by atoms with Crippen LogP contribution in [-0.4, -0.2) is 41.1 Å². The second kappa shape index (κ2) is 8.00. The number of aromatic nitrogens is 2. The molecule has 7 nitrogen and oxygen atoms in total. The van der Waals surface area contributed by atoms with Crippen LogP contribution in [0.5, 0.6) is 0 Å². The lowest BCUT2D eigenvalue weighted by molar-refractivity contribution is 0.0694. The molecular formula is C21H20FN3O4. The summed E-state index contributed by atoms with van der Waals surface area (Å²) in [4.78, 5) is 28.4. The van der Waals surface area contributed by atoms with Gasteiger partial charge in [0.05, 0.1) is 5.56 Å². The summed E-state index contributed by atoms with van der Waals surface area (Å²) < 4.78 is 24.1. The van der Waals surface area contributed by atoms with E-state index in [9.17, 15) is 14.0 Å². The molecule has 0 bridgehead atoms. The molecule has 0 unspecified atom stereocenters. The molecule has 2 N–H and O–H groups in total. The summed E-state index contributed by atoms with van der Waals surface area (Å²) in [6.07, 6.45) is 2.99. The standard InChI is InChI=1S/C21H20FN3O4/c1-12-18(19(25-29-12)13-3-2-4-15(22)9-13)20(26)14-10-17(23-11-14)21(27)24-16-5-7-28-8-6-16/h2-4,9-11,16,23H,5-8H2,1H3,(H,24,27). The number of nitrogens with zero attached hydrogens (tertiary/aromatic N) is 1. The molecular weight excluding hydrogens is 377 g/mol. The Kier molecular flexibility index (Phi) is 5.26. The molecule has 0 radical (unpaired) electrons. The van der Waals surface area contributed by atoms with Crippen LogP contribution >= 0.6 is 0 Å². The molecule has 29 heavy (non-hydrogen) atoms. The first-order chi connectivity index (χ1) is 14.0. The number of amides is 1. The zero-order valence-electron chi connectivity index (χ0n) is 15.8. The zero-order valence-corrected chi connectivity index (χ0v) is 15.8. The molecule has 8 heteroatoms. The predicted molar refractivity (Wildman–Crippen MR) is 102 cm³/mol.